The number of carbonyl (C=O) groups excluding carboxylic acids is 1. The van der Waals surface area contributed by atoms with Gasteiger partial charge in [-0.25, -0.2) is 0 Å². The number of hydrogen-bond donors (Lipinski definition) is 3. The number of carbonyl (C=O) groups is 1. The molecule has 168 valence electrons. The molecule has 5 aromatic rings. The molecule has 0 saturated carbocycles. The molecule has 2 aromatic heterocycles. The van der Waals surface area contributed by atoms with Crippen molar-refractivity contribution < 1.29 is 4.79 Å². The highest BCUT2D eigenvalue weighted by atomic mass is 16.1. The zero-order chi connectivity index (χ0) is 24.0. The summed E-state index contributed by atoms with van der Waals surface area (Å²) < 4.78 is 0. The average molecular weight is 457 g/mol. The zero-order valence-electron chi connectivity index (χ0n) is 18.6. The van der Waals surface area contributed by atoms with Gasteiger partial charge in [-0.05, 0) is 78.9 Å². The number of nitriles is 1. The van der Waals surface area contributed by atoms with Crippen LogP contribution in [0.15, 0.2) is 104 Å². The van der Waals surface area contributed by atoms with Gasteiger partial charge in [0.1, 0.15) is 0 Å². The molecule has 7 nitrogen and oxygen atoms in total. The van der Waals surface area contributed by atoms with Crippen molar-refractivity contribution >= 4 is 45.2 Å². The van der Waals surface area contributed by atoms with E-state index < -0.39 is 0 Å². The zero-order valence-corrected chi connectivity index (χ0v) is 18.6. The monoisotopic (exact) mass is 456 g/mol. The SMILES string of the molecule is N#Cc1ccc2c(Nc3ccc(C(=O)Nc4cccc(Nc5ccncc5)c4)cc3)ccnc2c1. The molecule has 0 radical (unpaired) electrons. The highest BCUT2D eigenvalue weighted by Crippen LogP contribution is 2.26. The fraction of sp³-hybridized carbons (Fsp3) is 0. The highest BCUT2D eigenvalue weighted by molar-refractivity contribution is 6.04. The fourth-order valence-corrected chi connectivity index (χ4v) is 3.67. The second-order valence-corrected chi connectivity index (χ2v) is 7.80. The maximum absolute atomic E-state index is 12.8. The first-order chi connectivity index (χ1) is 17.2. The van der Waals surface area contributed by atoms with Crippen LogP contribution in [-0.2, 0) is 0 Å². The Morgan fingerprint density at radius 1 is 0.743 bits per heavy atom. The van der Waals surface area contributed by atoms with Crippen molar-refractivity contribution in [3.63, 3.8) is 0 Å². The van der Waals surface area contributed by atoms with Crippen LogP contribution < -0.4 is 16.0 Å². The molecule has 5 rings (SSSR count). The van der Waals surface area contributed by atoms with E-state index in [1.54, 1.807) is 42.9 Å². The van der Waals surface area contributed by atoms with Crippen LogP contribution in [0.3, 0.4) is 0 Å². The molecule has 3 aromatic carbocycles. The van der Waals surface area contributed by atoms with Gasteiger partial charge in [-0.3, -0.25) is 14.8 Å². The van der Waals surface area contributed by atoms with Crippen LogP contribution in [0.2, 0.25) is 0 Å². The third-order valence-electron chi connectivity index (χ3n) is 5.39. The smallest absolute Gasteiger partial charge is 0.255 e. The van der Waals surface area contributed by atoms with Gasteiger partial charge in [-0.15, -0.1) is 0 Å². The maximum Gasteiger partial charge on any atom is 0.255 e. The van der Waals surface area contributed by atoms with Crippen molar-refractivity contribution in [3.8, 4) is 6.07 Å². The lowest BCUT2D eigenvalue weighted by Gasteiger charge is -2.11. The number of aromatic nitrogens is 2. The molecular weight excluding hydrogens is 436 g/mol. The lowest BCUT2D eigenvalue weighted by molar-refractivity contribution is 0.102. The van der Waals surface area contributed by atoms with E-state index in [4.69, 9.17) is 5.26 Å². The summed E-state index contributed by atoms with van der Waals surface area (Å²) in [6.07, 6.45) is 5.13. The topological polar surface area (TPSA) is 103 Å². The standard InChI is InChI=1S/C28H20N6O/c29-18-19-4-9-25-26(12-15-31-27(25)16-19)33-21-7-5-20(6-8-21)28(35)34-24-3-1-2-23(17-24)32-22-10-13-30-14-11-22/h1-17H,(H,30,32)(H,31,33)(H,34,35). The van der Waals surface area contributed by atoms with Crippen LogP contribution in [0.25, 0.3) is 10.9 Å². The number of nitrogens with one attached hydrogen (secondary N) is 3. The molecule has 0 aliphatic heterocycles. The molecule has 0 spiro atoms. The van der Waals surface area contributed by atoms with E-state index in [0.717, 1.165) is 33.7 Å². The first kappa shape index (κ1) is 21.6. The number of hydrogen-bond acceptors (Lipinski definition) is 6. The van der Waals surface area contributed by atoms with Gasteiger partial charge in [0.05, 0.1) is 17.1 Å². The third kappa shape index (κ3) is 5.07. The van der Waals surface area contributed by atoms with Gasteiger partial charge in [0.25, 0.3) is 5.91 Å². The Labute approximate surface area is 202 Å². The van der Waals surface area contributed by atoms with Crippen LogP contribution in [0.5, 0.6) is 0 Å². The van der Waals surface area contributed by atoms with Crippen molar-refractivity contribution in [1.82, 2.24) is 9.97 Å². The minimum Gasteiger partial charge on any atom is -0.355 e. The molecule has 0 atom stereocenters. The fourth-order valence-electron chi connectivity index (χ4n) is 3.67. The molecule has 35 heavy (non-hydrogen) atoms. The summed E-state index contributed by atoms with van der Waals surface area (Å²) in [4.78, 5) is 21.2. The minimum atomic E-state index is -0.198. The number of pyridine rings is 2. The van der Waals surface area contributed by atoms with Gasteiger partial charge >= 0.3 is 0 Å². The van der Waals surface area contributed by atoms with E-state index in [-0.39, 0.29) is 5.91 Å². The molecule has 0 saturated heterocycles. The van der Waals surface area contributed by atoms with Gasteiger partial charge in [-0.2, -0.15) is 5.26 Å². The average Bonchev–Trinajstić information content (AvgIpc) is 2.90. The molecule has 0 fully saturated rings. The summed E-state index contributed by atoms with van der Waals surface area (Å²) in [5.74, 6) is -0.198. The summed E-state index contributed by atoms with van der Waals surface area (Å²) in [6, 6.07) is 27.9. The summed E-state index contributed by atoms with van der Waals surface area (Å²) in [5, 5.41) is 19.6. The molecular formula is C28H20N6O. The first-order valence-electron chi connectivity index (χ1n) is 10.9. The number of benzene rings is 3. The Hall–Kier alpha value is -5.22. The van der Waals surface area contributed by atoms with E-state index in [2.05, 4.69) is 32.0 Å². The van der Waals surface area contributed by atoms with Gasteiger partial charge < -0.3 is 16.0 Å². The largest absolute Gasteiger partial charge is 0.355 e. The van der Waals surface area contributed by atoms with Crippen LogP contribution in [0.4, 0.5) is 28.4 Å². The predicted molar refractivity (Wildman–Crippen MR) is 138 cm³/mol. The molecule has 0 unspecified atom stereocenters. The highest BCUT2D eigenvalue weighted by Gasteiger charge is 2.08. The number of nitrogens with zero attached hydrogens (tertiary/aromatic N) is 3. The van der Waals surface area contributed by atoms with E-state index in [9.17, 15) is 4.79 Å². The van der Waals surface area contributed by atoms with Gasteiger partial charge in [0.2, 0.25) is 0 Å². The number of anilines is 5. The molecule has 0 bridgehead atoms. The number of fused-ring (bicyclic) bond motifs is 1. The van der Waals surface area contributed by atoms with E-state index in [1.165, 1.54) is 0 Å². The number of amides is 1. The van der Waals surface area contributed by atoms with Gasteiger partial charge in [0.15, 0.2) is 0 Å². The summed E-state index contributed by atoms with van der Waals surface area (Å²) in [6.45, 7) is 0. The molecule has 2 heterocycles. The van der Waals surface area contributed by atoms with Crippen molar-refractivity contribution in [2.24, 2.45) is 0 Å². The predicted octanol–water partition coefficient (Wildman–Crippen LogP) is 6.24. The normalized spacial score (nSPS) is 10.4. The lowest BCUT2D eigenvalue weighted by Crippen LogP contribution is -2.11. The van der Waals surface area contributed by atoms with Gasteiger partial charge in [-0.1, -0.05) is 6.07 Å². The summed E-state index contributed by atoms with van der Waals surface area (Å²) in [5.41, 5.74) is 6.02. The van der Waals surface area contributed by atoms with E-state index >= 15 is 0 Å². The summed E-state index contributed by atoms with van der Waals surface area (Å²) >= 11 is 0. The van der Waals surface area contributed by atoms with Crippen LogP contribution in [0, 0.1) is 11.3 Å². The Balaban J connectivity index is 1.27. The second-order valence-electron chi connectivity index (χ2n) is 7.80. The Morgan fingerprint density at radius 2 is 1.51 bits per heavy atom. The van der Waals surface area contributed by atoms with Crippen LogP contribution >= 0.6 is 0 Å². The summed E-state index contributed by atoms with van der Waals surface area (Å²) in [7, 11) is 0. The molecule has 3 N–H and O–H groups in total. The van der Waals surface area contributed by atoms with Crippen molar-refractivity contribution in [2.75, 3.05) is 16.0 Å². The molecule has 0 aliphatic rings. The Kier molecular flexibility index (Phi) is 6.01. The number of rotatable bonds is 6. The lowest BCUT2D eigenvalue weighted by atomic mass is 10.1. The molecule has 0 aliphatic carbocycles. The van der Waals surface area contributed by atoms with Crippen LogP contribution in [0.1, 0.15) is 15.9 Å². The van der Waals surface area contributed by atoms with E-state index in [1.807, 2.05) is 60.7 Å². The third-order valence-corrected chi connectivity index (χ3v) is 5.39. The molecule has 7 heteroatoms. The van der Waals surface area contributed by atoms with Crippen molar-refractivity contribution in [1.29, 1.82) is 5.26 Å². The Morgan fingerprint density at radius 3 is 2.31 bits per heavy atom. The maximum atomic E-state index is 12.8. The quantitative estimate of drug-likeness (QED) is 0.279. The molecule has 1 amide bonds. The first-order valence-corrected chi connectivity index (χ1v) is 10.9. The van der Waals surface area contributed by atoms with Crippen molar-refractivity contribution in [2.45, 2.75) is 0 Å². The van der Waals surface area contributed by atoms with E-state index in [0.29, 0.717) is 16.8 Å². The van der Waals surface area contributed by atoms with Crippen LogP contribution in [-0.4, -0.2) is 15.9 Å². The van der Waals surface area contributed by atoms with Crippen molar-refractivity contribution in [3.05, 3.63) is 115 Å². The minimum absolute atomic E-state index is 0.198. The van der Waals surface area contributed by atoms with Gasteiger partial charge in [0, 0.05) is 58.0 Å². The second kappa shape index (κ2) is 9.73. The Bertz CT molecular complexity index is 1540.